The van der Waals surface area contributed by atoms with Gasteiger partial charge in [0.1, 0.15) is 5.60 Å². The molecule has 0 saturated heterocycles. The Morgan fingerprint density at radius 3 is 2.33 bits per heavy atom. The smallest absolute Gasteiger partial charge is 0.333 e. The monoisotopic (exact) mass is 172 g/mol. The Morgan fingerprint density at radius 1 is 1.50 bits per heavy atom. The molecule has 70 valence electrons. The largest absolute Gasteiger partial charge is 0.457 e. The first-order chi connectivity index (χ1) is 5.37. The van der Waals surface area contributed by atoms with Crippen molar-refractivity contribution in [3.8, 4) is 0 Å². The van der Waals surface area contributed by atoms with Crippen molar-refractivity contribution in [2.24, 2.45) is 0 Å². The molecule has 0 atom stereocenters. The Kier molecular flexibility index (Phi) is 3.96. The van der Waals surface area contributed by atoms with Gasteiger partial charge >= 0.3 is 5.97 Å². The van der Waals surface area contributed by atoms with Crippen LogP contribution in [0.15, 0.2) is 11.6 Å². The van der Waals surface area contributed by atoms with Gasteiger partial charge in [-0.2, -0.15) is 0 Å². The average Bonchev–Trinajstić information content (AvgIpc) is 1.84. The van der Waals surface area contributed by atoms with E-state index in [1.54, 1.807) is 27.7 Å². The third kappa shape index (κ3) is 4.91. The van der Waals surface area contributed by atoms with Gasteiger partial charge in [-0.05, 0) is 33.8 Å². The van der Waals surface area contributed by atoms with E-state index in [1.165, 1.54) is 6.08 Å². The van der Waals surface area contributed by atoms with Gasteiger partial charge < -0.3 is 9.84 Å². The molecule has 0 bridgehead atoms. The van der Waals surface area contributed by atoms with Crippen molar-refractivity contribution in [3.05, 3.63) is 11.6 Å². The summed E-state index contributed by atoms with van der Waals surface area (Å²) in [4.78, 5) is 11.1. The zero-order valence-corrected chi connectivity index (χ0v) is 8.05. The normalized spacial score (nSPS) is 12.9. The summed E-state index contributed by atoms with van der Waals surface area (Å²) in [6.07, 6.45) is 1.42. The third-order valence-electron chi connectivity index (χ3n) is 1.12. The van der Waals surface area contributed by atoms with E-state index in [-0.39, 0.29) is 12.6 Å². The minimum absolute atomic E-state index is 0.134. The fourth-order valence-corrected chi connectivity index (χ4v) is 0.579. The highest BCUT2D eigenvalue weighted by molar-refractivity contribution is 5.87. The standard InChI is InChI=1S/C9H16O3/c1-7(5-6-10)8(11)12-9(2,3)4/h5,10H,6H2,1-4H3/b7-5+. The second-order valence-electron chi connectivity index (χ2n) is 3.57. The highest BCUT2D eigenvalue weighted by atomic mass is 16.6. The Bertz CT molecular complexity index is 186. The molecule has 12 heavy (non-hydrogen) atoms. The Balaban J connectivity index is 4.15. The van der Waals surface area contributed by atoms with Crippen molar-refractivity contribution >= 4 is 5.97 Å². The molecule has 0 aromatic heterocycles. The summed E-state index contributed by atoms with van der Waals surface area (Å²) < 4.78 is 5.03. The zero-order valence-electron chi connectivity index (χ0n) is 8.05. The molecule has 3 nitrogen and oxygen atoms in total. The van der Waals surface area contributed by atoms with Gasteiger partial charge in [-0.3, -0.25) is 0 Å². The van der Waals surface area contributed by atoms with Crippen molar-refractivity contribution in [1.29, 1.82) is 0 Å². The summed E-state index contributed by atoms with van der Waals surface area (Å²) in [6, 6.07) is 0. The first-order valence-corrected chi connectivity index (χ1v) is 3.88. The molecule has 0 aliphatic rings. The second kappa shape index (κ2) is 4.26. The lowest BCUT2D eigenvalue weighted by Crippen LogP contribution is -2.24. The zero-order chi connectivity index (χ0) is 9.78. The molecule has 0 fully saturated rings. The maximum Gasteiger partial charge on any atom is 0.333 e. The van der Waals surface area contributed by atoms with E-state index >= 15 is 0 Å². The Labute approximate surface area is 73.0 Å². The summed E-state index contributed by atoms with van der Waals surface area (Å²) >= 11 is 0. The predicted molar refractivity (Wildman–Crippen MR) is 46.7 cm³/mol. The van der Waals surface area contributed by atoms with E-state index in [9.17, 15) is 4.79 Å². The van der Waals surface area contributed by atoms with Crippen LogP contribution in [0.25, 0.3) is 0 Å². The minimum Gasteiger partial charge on any atom is -0.457 e. The first-order valence-electron chi connectivity index (χ1n) is 3.88. The Hall–Kier alpha value is -0.830. The molecular weight excluding hydrogens is 156 g/mol. The number of aliphatic hydroxyl groups excluding tert-OH is 1. The van der Waals surface area contributed by atoms with Gasteiger partial charge in [0.25, 0.3) is 0 Å². The van der Waals surface area contributed by atoms with Gasteiger partial charge in [0, 0.05) is 5.57 Å². The van der Waals surface area contributed by atoms with Crippen LogP contribution >= 0.6 is 0 Å². The Morgan fingerprint density at radius 2 is 2.00 bits per heavy atom. The molecule has 0 unspecified atom stereocenters. The molecular formula is C9H16O3. The van der Waals surface area contributed by atoms with Crippen molar-refractivity contribution in [3.63, 3.8) is 0 Å². The van der Waals surface area contributed by atoms with Crippen LogP contribution in [-0.4, -0.2) is 23.3 Å². The quantitative estimate of drug-likeness (QED) is 0.504. The number of rotatable bonds is 2. The maximum atomic E-state index is 11.1. The number of carbonyl (C=O) groups excluding carboxylic acids is 1. The summed E-state index contributed by atoms with van der Waals surface area (Å²) in [7, 11) is 0. The molecule has 0 aromatic rings. The summed E-state index contributed by atoms with van der Waals surface area (Å²) in [5.41, 5.74) is -0.0332. The molecule has 0 amide bonds. The second-order valence-corrected chi connectivity index (χ2v) is 3.57. The maximum absolute atomic E-state index is 11.1. The molecule has 0 aromatic carbocycles. The first kappa shape index (κ1) is 11.2. The van der Waals surface area contributed by atoms with Gasteiger partial charge in [-0.15, -0.1) is 0 Å². The van der Waals surface area contributed by atoms with Crippen LogP contribution < -0.4 is 0 Å². The van der Waals surface area contributed by atoms with Crippen molar-refractivity contribution in [1.82, 2.24) is 0 Å². The van der Waals surface area contributed by atoms with E-state index in [4.69, 9.17) is 9.84 Å². The van der Waals surface area contributed by atoms with Gasteiger partial charge in [0.05, 0.1) is 6.61 Å². The number of ether oxygens (including phenoxy) is 1. The van der Waals surface area contributed by atoms with Crippen LogP contribution in [0.4, 0.5) is 0 Å². The molecule has 1 N–H and O–H groups in total. The average molecular weight is 172 g/mol. The van der Waals surface area contributed by atoms with Crippen LogP contribution in [0.5, 0.6) is 0 Å². The third-order valence-corrected chi connectivity index (χ3v) is 1.12. The molecule has 0 spiro atoms. The molecule has 0 saturated carbocycles. The lowest BCUT2D eigenvalue weighted by molar-refractivity contribution is -0.149. The van der Waals surface area contributed by atoms with Crippen LogP contribution in [0, 0.1) is 0 Å². The van der Waals surface area contributed by atoms with Gasteiger partial charge in [-0.25, -0.2) is 4.79 Å². The van der Waals surface area contributed by atoms with Crippen LogP contribution in [0.1, 0.15) is 27.7 Å². The highest BCUT2D eigenvalue weighted by Crippen LogP contribution is 2.10. The summed E-state index contributed by atoms with van der Waals surface area (Å²) in [6.45, 7) is 6.89. The van der Waals surface area contributed by atoms with E-state index < -0.39 is 5.60 Å². The lowest BCUT2D eigenvalue weighted by atomic mass is 10.2. The summed E-state index contributed by atoms with van der Waals surface area (Å²) in [5, 5.41) is 8.50. The number of hydrogen-bond donors (Lipinski definition) is 1. The molecule has 0 aliphatic carbocycles. The fourth-order valence-electron chi connectivity index (χ4n) is 0.579. The molecule has 0 aliphatic heterocycles. The van der Waals surface area contributed by atoms with Gasteiger partial charge in [-0.1, -0.05) is 0 Å². The molecule has 0 rings (SSSR count). The van der Waals surface area contributed by atoms with Gasteiger partial charge in [0.15, 0.2) is 0 Å². The highest BCUT2D eigenvalue weighted by Gasteiger charge is 2.16. The van der Waals surface area contributed by atoms with Crippen LogP contribution in [-0.2, 0) is 9.53 Å². The number of hydrogen-bond acceptors (Lipinski definition) is 3. The number of esters is 1. The molecule has 0 heterocycles. The SMILES string of the molecule is C/C(=C\CO)C(=O)OC(C)(C)C. The van der Waals surface area contributed by atoms with E-state index in [0.29, 0.717) is 5.57 Å². The van der Waals surface area contributed by atoms with Gasteiger partial charge in [0.2, 0.25) is 0 Å². The van der Waals surface area contributed by atoms with E-state index in [1.807, 2.05) is 0 Å². The van der Waals surface area contributed by atoms with Crippen LogP contribution in [0.2, 0.25) is 0 Å². The fraction of sp³-hybridized carbons (Fsp3) is 0.667. The molecule has 0 radical (unpaired) electrons. The predicted octanol–water partition coefficient (Wildman–Crippen LogP) is 1.27. The van der Waals surface area contributed by atoms with Crippen molar-refractivity contribution < 1.29 is 14.6 Å². The van der Waals surface area contributed by atoms with Crippen LogP contribution in [0.3, 0.4) is 0 Å². The van der Waals surface area contributed by atoms with E-state index in [2.05, 4.69) is 0 Å². The lowest BCUT2D eigenvalue weighted by Gasteiger charge is -2.19. The molecule has 3 heteroatoms. The minimum atomic E-state index is -0.471. The summed E-state index contributed by atoms with van der Waals surface area (Å²) in [5.74, 6) is -0.378. The number of aliphatic hydroxyl groups is 1. The topological polar surface area (TPSA) is 46.5 Å². The number of carbonyl (C=O) groups is 1. The van der Waals surface area contributed by atoms with Crippen molar-refractivity contribution in [2.45, 2.75) is 33.3 Å². The van der Waals surface area contributed by atoms with Crippen molar-refractivity contribution in [2.75, 3.05) is 6.61 Å². The van der Waals surface area contributed by atoms with E-state index in [0.717, 1.165) is 0 Å².